The predicted octanol–water partition coefficient (Wildman–Crippen LogP) is 3.93. The molecular weight excluding hydrogens is 439 g/mol. The molecule has 3 aromatic rings. The van der Waals surface area contributed by atoms with Gasteiger partial charge in [0.25, 0.3) is 0 Å². The standard InChI is InChI=1S/C16H12Cl2F4N6O/c1-8-13(18)14(16(20,21)22)25-28(8)6-12(29)24-15-23-7-27(26-15)5-9-10(17)3-2-4-11(9)19/h2-4,7H,5-6H2,1H3,(H,24,26,29). The van der Waals surface area contributed by atoms with Gasteiger partial charge in [-0.05, 0) is 19.1 Å². The van der Waals surface area contributed by atoms with Gasteiger partial charge in [0.2, 0.25) is 11.9 Å². The zero-order valence-electron chi connectivity index (χ0n) is 14.6. The number of hydrogen-bond donors (Lipinski definition) is 1. The summed E-state index contributed by atoms with van der Waals surface area (Å²) in [6.45, 7) is 0.746. The molecule has 7 nitrogen and oxygen atoms in total. The Balaban J connectivity index is 1.68. The van der Waals surface area contributed by atoms with Crippen LogP contribution >= 0.6 is 23.2 Å². The Morgan fingerprint density at radius 2 is 1.97 bits per heavy atom. The average molecular weight is 451 g/mol. The van der Waals surface area contributed by atoms with Crippen molar-refractivity contribution in [2.24, 2.45) is 0 Å². The number of alkyl halides is 3. The van der Waals surface area contributed by atoms with Crippen molar-refractivity contribution >= 4 is 35.1 Å². The summed E-state index contributed by atoms with van der Waals surface area (Å²) in [7, 11) is 0. The maximum Gasteiger partial charge on any atom is 0.436 e. The van der Waals surface area contributed by atoms with Gasteiger partial charge in [-0.15, -0.1) is 5.10 Å². The van der Waals surface area contributed by atoms with Gasteiger partial charge in [0.05, 0.1) is 17.3 Å². The molecule has 0 aliphatic heterocycles. The van der Waals surface area contributed by atoms with Crippen LogP contribution in [-0.4, -0.2) is 30.5 Å². The lowest BCUT2D eigenvalue weighted by Gasteiger charge is -2.05. The Labute approximate surface area is 171 Å². The Bertz CT molecular complexity index is 1040. The molecule has 1 amide bonds. The van der Waals surface area contributed by atoms with E-state index in [-0.39, 0.29) is 28.8 Å². The number of aromatic nitrogens is 5. The van der Waals surface area contributed by atoms with Crippen molar-refractivity contribution in [3.05, 3.63) is 57.3 Å². The number of hydrogen-bond acceptors (Lipinski definition) is 4. The van der Waals surface area contributed by atoms with Gasteiger partial charge in [-0.1, -0.05) is 29.3 Å². The Kier molecular flexibility index (Phi) is 5.80. The first kappa shape index (κ1) is 21.1. The summed E-state index contributed by atoms with van der Waals surface area (Å²) in [6, 6.07) is 4.22. The molecule has 0 aliphatic rings. The number of amides is 1. The van der Waals surface area contributed by atoms with Gasteiger partial charge in [-0.2, -0.15) is 18.3 Å². The highest BCUT2D eigenvalue weighted by Gasteiger charge is 2.38. The van der Waals surface area contributed by atoms with Crippen LogP contribution in [0.15, 0.2) is 24.5 Å². The second-order valence-electron chi connectivity index (χ2n) is 5.92. The molecule has 3 rings (SSSR count). The van der Waals surface area contributed by atoms with Crippen molar-refractivity contribution in [2.45, 2.75) is 26.2 Å². The van der Waals surface area contributed by atoms with E-state index in [2.05, 4.69) is 20.5 Å². The minimum atomic E-state index is -4.74. The average Bonchev–Trinajstić information content (AvgIpc) is 3.17. The summed E-state index contributed by atoms with van der Waals surface area (Å²) >= 11 is 11.6. The zero-order chi connectivity index (χ0) is 21.3. The van der Waals surface area contributed by atoms with Crippen molar-refractivity contribution in [2.75, 3.05) is 5.32 Å². The van der Waals surface area contributed by atoms with E-state index in [4.69, 9.17) is 23.2 Å². The fourth-order valence-electron chi connectivity index (χ4n) is 2.43. The number of nitrogens with one attached hydrogen (secondary N) is 1. The van der Waals surface area contributed by atoms with Crippen LogP contribution in [0.25, 0.3) is 0 Å². The van der Waals surface area contributed by atoms with Crippen molar-refractivity contribution < 1.29 is 22.4 Å². The van der Waals surface area contributed by atoms with E-state index >= 15 is 0 Å². The fourth-order valence-corrected chi connectivity index (χ4v) is 2.90. The van der Waals surface area contributed by atoms with Crippen LogP contribution in [0.2, 0.25) is 10.0 Å². The third-order valence-electron chi connectivity index (χ3n) is 3.86. The summed E-state index contributed by atoms with van der Waals surface area (Å²) < 4.78 is 54.4. The van der Waals surface area contributed by atoms with Crippen molar-refractivity contribution in [1.82, 2.24) is 24.5 Å². The molecule has 0 aliphatic carbocycles. The second-order valence-corrected chi connectivity index (χ2v) is 6.70. The van der Waals surface area contributed by atoms with Crippen molar-refractivity contribution in [3.8, 4) is 0 Å². The Hall–Kier alpha value is -2.66. The lowest BCUT2D eigenvalue weighted by atomic mass is 10.2. The third-order valence-corrected chi connectivity index (χ3v) is 4.67. The molecular formula is C16H12Cl2F4N6O. The Morgan fingerprint density at radius 3 is 2.59 bits per heavy atom. The van der Waals surface area contributed by atoms with Gasteiger partial charge in [-0.3, -0.25) is 14.8 Å². The van der Waals surface area contributed by atoms with E-state index in [0.29, 0.717) is 0 Å². The molecule has 2 aromatic heterocycles. The quantitative estimate of drug-likeness (QED) is 0.597. The summed E-state index contributed by atoms with van der Waals surface area (Å²) in [5.74, 6) is -1.36. The van der Waals surface area contributed by atoms with Crippen LogP contribution in [0.1, 0.15) is 17.0 Å². The molecule has 1 aromatic carbocycles. The first-order valence-corrected chi connectivity index (χ1v) is 8.74. The van der Waals surface area contributed by atoms with Crippen LogP contribution < -0.4 is 5.32 Å². The largest absolute Gasteiger partial charge is 0.436 e. The summed E-state index contributed by atoms with van der Waals surface area (Å²) in [5, 5.41) is 9.26. The smallest absolute Gasteiger partial charge is 0.292 e. The van der Waals surface area contributed by atoms with Crippen molar-refractivity contribution in [1.29, 1.82) is 0 Å². The maximum absolute atomic E-state index is 13.8. The molecule has 0 fully saturated rings. The Morgan fingerprint density at radius 1 is 1.24 bits per heavy atom. The highest BCUT2D eigenvalue weighted by atomic mass is 35.5. The maximum atomic E-state index is 13.8. The molecule has 0 unspecified atom stereocenters. The van der Waals surface area contributed by atoms with E-state index in [9.17, 15) is 22.4 Å². The van der Waals surface area contributed by atoms with E-state index in [1.807, 2.05) is 0 Å². The van der Waals surface area contributed by atoms with Gasteiger partial charge in [0.1, 0.15) is 18.7 Å². The highest BCUT2D eigenvalue weighted by molar-refractivity contribution is 6.32. The third kappa shape index (κ3) is 4.67. The molecule has 0 spiro atoms. The number of carbonyl (C=O) groups is 1. The number of carbonyl (C=O) groups excluding carboxylic acids is 1. The van der Waals surface area contributed by atoms with Gasteiger partial charge < -0.3 is 0 Å². The molecule has 1 N–H and O–H groups in total. The van der Waals surface area contributed by atoms with Crippen LogP contribution in [0.5, 0.6) is 0 Å². The zero-order valence-corrected chi connectivity index (χ0v) is 16.1. The SMILES string of the molecule is Cc1c(Cl)c(C(F)(F)F)nn1CC(=O)Nc1ncn(Cc2c(F)cccc2Cl)n1. The molecule has 0 atom stereocenters. The van der Waals surface area contributed by atoms with E-state index < -0.39 is 35.2 Å². The predicted molar refractivity (Wildman–Crippen MR) is 96.1 cm³/mol. The number of nitrogens with zero attached hydrogens (tertiary/aromatic N) is 5. The lowest BCUT2D eigenvalue weighted by Crippen LogP contribution is -2.21. The normalized spacial score (nSPS) is 11.7. The van der Waals surface area contributed by atoms with Crippen LogP contribution in [0.4, 0.5) is 23.5 Å². The molecule has 2 heterocycles. The second kappa shape index (κ2) is 7.99. The fraction of sp³-hybridized carbons (Fsp3) is 0.250. The van der Waals surface area contributed by atoms with Crippen LogP contribution in [0, 0.1) is 12.7 Å². The highest BCUT2D eigenvalue weighted by Crippen LogP contribution is 2.35. The number of benzene rings is 1. The molecule has 13 heteroatoms. The molecule has 0 saturated heterocycles. The van der Waals surface area contributed by atoms with Crippen LogP contribution in [-0.2, 0) is 24.1 Å². The minimum absolute atomic E-state index is 0.0122. The van der Waals surface area contributed by atoms with Gasteiger partial charge in [0.15, 0.2) is 5.69 Å². The van der Waals surface area contributed by atoms with Gasteiger partial charge >= 0.3 is 6.18 Å². The lowest BCUT2D eigenvalue weighted by molar-refractivity contribution is -0.141. The molecule has 29 heavy (non-hydrogen) atoms. The summed E-state index contributed by atoms with van der Waals surface area (Å²) in [6.07, 6.45) is -3.49. The minimum Gasteiger partial charge on any atom is -0.292 e. The number of anilines is 1. The first-order valence-electron chi connectivity index (χ1n) is 7.98. The number of rotatable bonds is 5. The van der Waals surface area contributed by atoms with Gasteiger partial charge in [0, 0.05) is 10.6 Å². The first-order chi connectivity index (χ1) is 13.6. The van der Waals surface area contributed by atoms with E-state index in [1.54, 1.807) is 0 Å². The van der Waals surface area contributed by atoms with Gasteiger partial charge in [-0.25, -0.2) is 14.1 Å². The molecule has 154 valence electrons. The molecule has 0 saturated carbocycles. The van der Waals surface area contributed by atoms with Crippen LogP contribution in [0.3, 0.4) is 0 Å². The monoisotopic (exact) mass is 450 g/mol. The van der Waals surface area contributed by atoms with E-state index in [1.165, 1.54) is 36.1 Å². The van der Waals surface area contributed by atoms with Crippen molar-refractivity contribution in [3.63, 3.8) is 0 Å². The van der Waals surface area contributed by atoms with E-state index in [0.717, 1.165) is 4.68 Å². The topological polar surface area (TPSA) is 77.6 Å². The number of halogens is 6. The molecule has 0 radical (unpaired) electrons. The molecule has 0 bridgehead atoms. The summed E-state index contributed by atoms with van der Waals surface area (Å²) in [5.41, 5.74) is -1.09. The summed E-state index contributed by atoms with van der Waals surface area (Å²) in [4.78, 5) is 16.0.